The number of nitrogens with zero attached hydrogens (tertiary/aromatic N) is 1. The highest BCUT2D eigenvalue weighted by molar-refractivity contribution is 7.79. The topological polar surface area (TPSA) is 4.41 Å². The summed E-state index contributed by atoms with van der Waals surface area (Å²) in [6.07, 6.45) is 0. The summed E-state index contributed by atoms with van der Waals surface area (Å²) >= 11 is 6.92. The van der Waals surface area contributed by atoms with Gasteiger partial charge < -0.3 is 4.40 Å². The molecular weight excluding hydrogens is 222 g/mol. The summed E-state index contributed by atoms with van der Waals surface area (Å²) in [6.45, 7) is 8.80. The van der Waals surface area contributed by atoms with Crippen LogP contribution in [0.1, 0.15) is 37.7 Å². The molecule has 1 nitrogen and oxygen atoms in total. The van der Waals surface area contributed by atoms with Crippen molar-refractivity contribution in [1.82, 2.24) is 4.40 Å². The summed E-state index contributed by atoms with van der Waals surface area (Å²) in [4.78, 5) is 1.29. The Morgan fingerprint density at radius 3 is 2.60 bits per heavy atom. The van der Waals surface area contributed by atoms with Crippen LogP contribution in [0.4, 0.5) is 0 Å². The fourth-order valence-electron chi connectivity index (χ4n) is 1.87. The first-order valence-electron chi connectivity index (χ1n) is 5.00. The molecule has 0 saturated heterocycles. The van der Waals surface area contributed by atoms with Gasteiger partial charge in [-0.25, -0.2) is 0 Å². The quantitative estimate of drug-likeness (QED) is 0.679. The van der Waals surface area contributed by atoms with Crippen LogP contribution >= 0.6 is 23.6 Å². The van der Waals surface area contributed by atoms with Gasteiger partial charge in [0.15, 0.2) is 0 Å². The molecule has 15 heavy (non-hydrogen) atoms. The number of aryl methyl sites for hydroxylation is 1. The lowest BCUT2D eigenvalue weighted by Crippen LogP contribution is -2.13. The van der Waals surface area contributed by atoms with Crippen LogP contribution in [0.5, 0.6) is 0 Å². The molecule has 2 aromatic rings. The average Bonchev–Trinajstić information content (AvgIpc) is 2.65. The van der Waals surface area contributed by atoms with Crippen molar-refractivity contribution in [2.45, 2.75) is 33.1 Å². The van der Waals surface area contributed by atoms with Crippen molar-refractivity contribution >= 4 is 33.8 Å². The van der Waals surface area contributed by atoms with Crippen LogP contribution in [0.2, 0.25) is 0 Å². The smallest absolute Gasteiger partial charge is 0.100 e. The van der Waals surface area contributed by atoms with E-state index < -0.39 is 0 Å². The van der Waals surface area contributed by atoms with Crippen molar-refractivity contribution in [2.75, 3.05) is 0 Å². The molecule has 3 heteroatoms. The zero-order valence-corrected chi connectivity index (χ0v) is 11.1. The van der Waals surface area contributed by atoms with E-state index in [-0.39, 0.29) is 5.41 Å². The fourth-order valence-corrected chi connectivity index (χ4v) is 3.03. The second kappa shape index (κ2) is 3.42. The predicted octanol–water partition coefficient (Wildman–Crippen LogP) is 3.95. The summed E-state index contributed by atoms with van der Waals surface area (Å²) in [7, 11) is 0. The summed E-state index contributed by atoms with van der Waals surface area (Å²) in [5, 5.41) is 3.97. The van der Waals surface area contributed by atoms with E-state index in [1.165, 1.54) is 21.8 Å². The molecular formula is C12H15NS2. The second-order valence-corrected chi connectivity index (χ2v) is 5.99. The van der Waals surface area contributed by atoms with E-state index in [1.807, 2.05) is 0 Å². The van der Waals surface area contributed by atoms with Crippen LogP contribution in [-0.4, -0.2) is 9.77 Å². The summed E-state index contributed by atoms with van der Waals surface area (Å²) < 4.78 is 2.25. The molecule has 0 fully saturated rings. The van der Waals surface area contributed by atoms with Crippen molar-refractivity contribution in [1.29, 1.82) is 0 Å². The van der Waals surface area contributed by atoms with Gasteiger partial charge in [0.25, 0.3) is 0 Å². The number of hydrogen-bond acceptors (Lipinski definition) is 2. The Labute approximate surface area is 99.7 Å². The zero-order chi connectivity index (χ0) is 11.2. The lowest BCUT2D eigenvalue weighted by Gasteiger charge is -2.18. The number of thiocarbonyl (C=S) groups is 1. The number of aromatic nitrogens is 1. The zero-order valence-electron chi connectivity index (χ0n) is 9.50. The van der Waals surface area contributed by atoms with Gasteiger partial charge >= 0.3 is 0 Å². The molecule has 0 bridgehead atoms. The largest absolute Gasteiger partial charge is 0.304 e. The number of fused-ring (bicyclic) bond motifs is 1. The van der Waals surface area contributed by atoms with Gasteiger partial charge in [0, 0.05) is 16.4 Å². The molecule has 0 aliphatic rings. The van der Waals surface area contributed by atoms with Gasteiger partial charge in [0.1, 0.15) is 4.83 Å². The SMILES string of the molecule is Cc1csc2cc(C(C)(C)C)c(C=S)n12. The molecule has 2 heterocycles. The predicted molar refractivity (Wildman–Crippen MR) is 71.5 cm³/mol. The number of thiazole rings is 1. The number of hydrogen-bond donors (Lipinski definition) is 0. The van der Waals surface area contributed by atoms with E-state index in [4.69, 9.17) is 12.2 Å². The first-order chi connectivity index (χ1) is 6.95. The Kier molecular flexibility index (Phi) is 2.47. The van der Waals surface area contributed by atoms with E-state index in [0.29, 0.717) is 0 Å². The molecule has 0 aromatic carbocycles. The standard InChI is InChI=1S/C12H15NS2/c1-8-7-15-11-5-9(12(2,3)4)10(6-14)13(8)11/h5-7H,1-4H3. The van der Waals surface area contributed by atoms with Crippen LogP contribution in [0.25, 0.3) is 4.83 Å². The summed E-state index contributed by atoms with van der Waals surface area (Å²) in [6, 6.07) is 2.26. The lowest BCUT2D eigenvalue weighted by atomic mass is 9.87. The van der Waals surface area contributed by atoms with Gasteiger partial charge in [-0.3, -0.25) is 0 Å². The Bertz CT molecular complexity index is 511. The van der Waals surface area contributed by atoms with Crippen LogP contribution in [0.15, 0.2) is 11.4 Å². The van der Waals surface area contributed by atoms with E-state index in [1.54, 1.807) is 16.7 Å². The van der Waals surface area contributed by atoms with E-state index >= 15 is 0 Å². The third-order valence-corrected chi connectivity index (χ3v) is 3.85. The maximum atomic E-state index is 5.14. The molecule has 0 radical (unpaired) electrons. The monoisotopic (exact) mass is 237 g/mol. The fraction of sp³-hybridized carbons (Fsp3) is 0.417. The van der Waals surface area contributed by atoms with Gasteiger partial charge in [-0.05, 0) is 24.0 Å². The molecule has 0 N–H and O–H groups in total. The Balaban J connectivity index is 2.82. The van der Waals surface area contributed by atoms with Gasteiger partial charge in [-0.15, -0.1) is 11.3 Å². The van der Waals surface area contributed by atoms with Gasteiger partial charge in [0.2, 0.25) is 0 Å². The highest BCUT2D eigenvalue weighted by Gasteiger charge is 2.21. The summed E-state index contributed by atoms with van der Waals surface area (Å²) in [5.74, 6) is 0. The van der Waals surface area contributed by atoms with Crippen molar-refractivity contribution in [3.63, 3.8) is 0 Å². The van der Waals surface area contributed by atoms with E-state index in [9.17, 15) is 0 Å². The maximum absolute atomic E-state index is 5.14. The molecule has 0 saturated carbocycles. The van der Waals surface area contributed by atoms with E-state index in [2.05, 4.69) is 43.5 Å². The third-order valence-electron chi connectivity index (χ3n) is 2.63. The molecule has 2 aromatic heterocycles. The molecule has 0 amide bonds. The Hall–Kier alpha value is -0.670. The molecule has 80 valence electrons. The van der Waals surface area contributed by atoms with Crippen LogP contribution in [-0.2, 0) is 5.41 Å². The third kappa shape index (κ3) is 1.64. The normalized spacial score (nSPS) is 12.3. The second-order valence-electron chi connectivity index (χ2n) is 4.86. The summed E-state index contributed by atoms with van der Waals surface area (Å²) in [5.41, 5.74) is 3.93. The van der Waals surface area contributed by atoms with Crippen LogP contribution in [0.3, 0.4) is 0 Å². The molecule has 0 unspecified atom stereocenters. The highest BCUT2D eigenvalue weighted by Crippen LogP contribution is 2.31. The van der Waals surface area contributed by atoms with E-state index in [0.717, 1.165) is 0 Å². The minimum absolute atomic E-state index is 0.156. The average molecular weight is 237 g/mol. The van der Waals surface area contributed by atoms with Crippen LogP contribution < -0.4 is 0 Å². The van der Waals surface area contributed by atoms with Crippen molar-refractivity contribution in [3.8, 4) is 0 Å². The van der Waals surface area contributed by atoms with Crippen LogP contribution in [0, 0.1) is 6.92 Å². The Morgan fingerprint density at radius 2 is 2.07 bits per heavy atom. The van der Waals surface area contributed by atoms with Gasteiger partial charge in [-0.1, -0.05) is 33.0 Å². The first-order valence-corrected chi connectivity index (χ1v) is 6.35. The molecule has 2 rings (SSSR count). The highest BCUT2D eigenvalue weighted by atomic mass is 32.1. The maximum Gasteiger partial charge on any atom is 0.100 e. The van der Waals surface area contributed by atoms with Crippen molar-refractivity contribution < 1.29 is 0 Å². The molecule has 0 spiro atoms. The molecule has 0 aliphatic heterocycles. The first kappa shape index (κ1) is 10.8. The minimum atomic E-state index is 0.156. The van der Waals surface area contributed by atoms with Gasteiger partial charge in [-0.2, -0.15) is 0 Å². The van der Waals surface area contributed by atoms with Crippen molar-refractivity contribution in [3.05, 3.63) is 28.4 Å². The Morgan fingerprint density at radius 1 is 1.40 bits per heavy atom. The molecule has 0 atom stereocenters. The number of rotatable bonds is 1. The molecule has 0 aliphatic carbocycles. The van der Waals surface area contributed by atoms with Crippen molar-refractivity contribution in [2.24, 2.45) is 0 Å². The van der Waals surface area contributed by atoms with Gasteiger partial charge in [0.05, 0.1) is 5.69 Å². The lowest BCUT2D eigenvalue weighted by molar-refractivity contribution is 0.589. The minimum Gasteiger partial charge on any atom is -0.304 e.